The Morgan fingerprint density at radius 1 is 1.44 bits per heavy atom. The summed E-state index contributed by atoms with van der Waals surface area (Å²) in [6.45, 7) is 0.101. The molecular weight excluding hydrogens is 241 g/mol. The van der Waals surface area contributed by atoms with E-state index in [1.807, 2.05) is 0 Å². The summed E-state index contributed by atoms with van der Waals surface area (Å²) in [4.78, 5) is 21.3. The number of carbonyl (C=O) groups is 2. The lowest BCUT2D eigenvalue weighted by Gasteiger charge is -2.05. The molecule has 2 N–H and O–H groups in total. The van der Waals surface area contributed by atoms with E-state index in [9.17, 15) is 14.0 Å². The largest absolute Gasteiger partial charge is 0.494 e. The summed E-state index contributed by atoms with van der Waals surface area (Å²) in [6, 6.07) is 4.28. The average molecular weight is 253 g/mol. The van der Waals surface area contributed by atoms with Crippen LogP contribution in [0.1, 0.15) is 5.56 Å². The van der Waals surface area contributed by atoms with E-state index >= 15 is 0 Å². The molecule has 6 heteroatoms. The van der Waals surface area contributed by atoms with Gasteiger partial charge in [-0.15, -0.1) is 0 Å². The van der Waals surface area contributed by atoms with Crippen molar-refractivity contribution >= 4 is 11.9 Å². The molecule has 0 spiro atoms. The fourth-order valence-electron chi connectivity index (χ4n) is 1.21. The van der Waals surface area contributed by atoms with Gasteiger partial charge in [0.15, 0.2) is 11.6 Å². The molecule has 0 aliphatic heterocycles. The fourth-order valence-corrected chi connectivity index (χ4v) is 1.21. The predicted molar refractivity (Wildman–Crippen MR) is 61.6 cm³/mol. The Morgan fingerprint density at radius 2 is 2.17 bits per heavy atom. The lowest BCUT2D eigenvalue weighted by molar-refractivity contribution is -0.131. The summed E-state index contributed by atoms with van der Waals surface area (Å²) in [5, 5.41) is 10.7. The lowest BCUT2D eigenvalue weighted by Crippen LogP contribution is -2.20. The van der Waals surface area contributed by atoms with E-state index < -0.39 is 17.7 Å². The zero-order valence-corrected chi connectivity index (χ0v) is 9.64. The van der Waals surface area contributed by atoms with Crippen LogP contribution in [0.3, 0.4) is 0 Å². The van der Waals surface area contributed by atoms with Crippen molar-refractivity contribution in [1.82, 2.24) is 5.32 Å². The van der Waals surface area contributed by atoms with Gasteiger partial charge < -0.3 is 15.2 Å². The third-order valence-corrected chi connectivity index (χ3v) is 2.06. The Kier molecular flexibility index (Phi) is 4.86. The maximum Gasteiger partial charge on any atom is 0.328 e. The molecule has 18 heavy (non-hydrogen) atoms. The van der Waals surface area contributed by atoms with Crippen molar-refractivity contribution in [3.63, 3.8) is 0 Å². The number of rotatable bonds is 5. The van der Waals surface area contributed by atoms with Crippen LogP contribution in [0.4, 0.5) is 4.39 Å². The highest BCUT2D eigenvalue weighted by Gasteiger charge is 2.04. The van der Waals surface area contributed by atoms with E-state index in [0.29, 0.717) is 5.56 Å². The third kappa shape index (κ3) is 4.25. The molecular formula is C12H12FNO4. The highest BCUT2D eigenvalue weighted by Crippen LogP contribution is 2.17. The van der Waals surface area contributed by atoms with Gasteiger partial charge in [-0.3, -0.25) is 4.79 Å². The molecule has 5 nitrogen and oxygen atoms in total. The van der Waals surface area contributed by atoms with Gasteiger partial charge in [0, 0.05) is 18.7 Å². The van der Waals surface area contributed by atoms with Crippen LogP contribution < -0.4 is 10.1 Å². The molecule has 0 saturated heterocycles. The molecule has 0 bridgehead atoms. The van der Waals surface area contributed by atoms with Gasteiger partial charge in [0.1, 0.15) is 0 Å². The molecule has 1 amide bonds. The van der Waals surface area contributed by atoms with Gasteiger partial charge in [0.05, 0.1) is 7.11 Å². The summed E-state index contributed by atoms with van der Waals surface area (Å²) in [5.41, 5.74) is 0.547. The monoisotopic (exact) mass is 253 g/mol. The number of hydrogen-bond donors (Lipinski definition) is 2. The minimum Gasteiger partial charge on any atom is -0.494 e. The van der Waals surface area contributed by atoms with E-state index in [1.54, 1.807) is 6.07 Å². The molecule has 0 fully saturated rings. The maximum absolute atomic E-state index is 13.3. The van der Waals surface area contributed by atoms with E-state index in [2.05, 4.69) is 5.32 Å². The van der Waals surface area contributed by atoms with Crippen molar-refractivity contribution in [3.8, 4) is 5.75 Å². The zero-order valence-electron chi connectivity index (χ0n) is 9.64. The standard InChI is InChI=1S/C12H12FNO4/c1-18-10-3-2-8(6-9(10)13)7-14-11(15)4-5-12(16)17/h2-6H,7H2,1H3,(H,14,15)(H,16,17)/b5-4+. The second-order valence-electron chi connectivity index (χ2n) is 3.36. The summed E-state index contributed by atoms with van der Waals surface area (Å²) in [6.07, 6.45) is 1.62. The molecule has 0 aliphatic rings. The van der Waals surface area contributed by atoms with Crippen LogP contribution in [-0.4, -0.2) is 24.1 Å². The first kappa shape index (κ1) is 13.7. The molecule has 0 radical (unpaired) electrons. The smallest absolute Gasteiger partial charge is 0.328 e. The fraction of sp³-hybridized carbons (Fsp3) is 0.167. The number of hydrogen-bond acceptors (Lipinski definition) is 3. The SMILES string of the molecule is COc1ccc(CNC(=O)/C=C/C(=O)O)cc1F. The molecule has 1 aromatic rings. The Morgan fingerprint density at radius 3 is 2.72 bits per heavy atom. The number of carboxylic acid groups (broad SMARTS) is 1. The first-order valence-corrected chi connectivity index (χ1v) is 5.04. The Bertz CT molecular complexity index is 485. The topological polar surface area (TPSA) is 75.6 Å². The van der Waals surface area contributed by atoms with Gasteiger partial charge in [-0.1, -0.05) is 6.07 Å². The number of benzene rings is 1. The second kappa shape index (κ2) is 6.39. The maximum atomic E-state index is 13.3. The average Bonchev–Trinajstić information content (AvgIpc) is 2.34. The number of carbonyl (C=O) groups excluding carboxylic acids is 1. The molecule has 0 unspecified atom stereocenters. The van der Waals surface area contributed by atoms with Crippen LogP contribution >= 0.6 is 0 Å². The van der Waals surface area contributed by atoms with E-state index in [1.165, 1.54) is 19.2 Å². The zero-order chi connectivity index (χ0) is 13.5. The number of nitrogens with one attached hydrogen (secondary N) is 1. The molecule has 0 saturated carbocycles. The number of aliphatic carboxylic acids is 1. The Balaban J connectivity index is 2.56. The Labute approximate surface area is 103 Å². The first-order valence-electron chi connectivity index (χ1n) is 5.04. The van der Waals surface area contributed by atoms with Crippen molar-refractivity contribution in [2.45, 2.75) is 6.54 Å². The molecule has 0 atom stereocenters. The van der Waals surface area contributed by atoms with Gasteiger partial charge in [-0.2, -0.15) is 0 Å². The number of halogens is 1. The normalized spacial score (nSPS) is 10.3. The van der Waals surface area contributed by atoms with Crippen LogP contribution in [0.2, 0.25) is 0 Å². The van der Waals surface area contributed by atoms with E-state index in [0.717, 1.165) is 12.2 Å². The van der Waals surface area contributed by atoms with Crippen LogP contribution in [0.5, 0.6) is 5.75 Å². The molecule has 0 aliphatic carbocycles. The van der Waals surface area contributed by atoms with Gasteiger partial charge in [0.25, 0.3) is 0 Å². The van der Waals surface area contributed by atoms with Crippen molar-refractivity contribution in [2.75, 3.05) is 7.11 Å². The van der Waals surface area contributed by atoms with Crippen LogP contribution in [0, 0.1) is 5.82 Å². The van der Waals surface area contributed by atoms with Gasteiger partial charge >= 0.3 is 5.97 Å². The van der Waals surface area contributed by atoms with Gasteiger partial charge in [-0.05, 0) is 17.7 Å². The minimum atomic E-state index is -1.21. The van der Waals surface area contributed by atoms with E-state index in [-0.39, 0.29) is 12.3 Å². The van der Waals surface area contributed by atoms with E-state index in [4.69, 9.17) is 9.84 Å². The second-order valence-corrected chi connectivity index (χ2v) is 3.36. The Hall–Kier alpha value is -2.37. The quantitative estimate of drug-likeness (QED) is 0.770. The summed E-state index contributed by atoms with van der Waals surface area (Å²) in [5.74, 6) is -2.17. The molecule has 0 heterocycles. The highest BCUT2D eigenvalue weighted by atomic mass is 19.1. The van der Waals surface area contributed by atoms with Crippen molar-refractivity contribution in [1.29, 1.82) is 0 Å². The minimum absolute atomic E-state index is 0.101. The predicted octanol–water partition coefficient (Wildman–Crippen LogP) is 1.09. The molecule has 1 aromatic carbocycles. The van der Waals surface area contributed by atoms with Crippen LogP contribution in [-0.2, 0) is 16.1 Å². The lowest BCUT2D eigenvalue weighted by atomic mass is 10.2. The van der Waals surface area contributed by atoms with Gasteiger partial charge in [0.2, 0.25) is 5.91 Å². The van der Waals surface area contributed by atoms with Crippen molar-refractivity contribution in [3.05, 3.63) is 41.7 Å². The number of carboxylic acids is 1. The summed E-state index contributed by atoms with van der Waals surface area (Å²) < 4.78 is 18.1. The number of methoxy groups -OCH3 is 1. The van der Waals surface area contributed by atoms with Crippen LogP contribution in [0.15, 0.2) is 30.4 Å². The summed E-state index contributed by atoms with van der Waals surface area (Å²) >= 11 is 0. The molecule has 0 aromatic heterocycles. The van der Waals surface area contributed by atoms with Gasteiger partial charge in [-0.25, -0.2) is 9.18 Å². The first-order chi connectivity index (χ1) is 8.52. The van der Waals surface area contributed by atoms with Crippen molar-refractivity contribution < 1.29 is 23.8 Å². The number of ether oxygens (including phenoxy) is 1. The van der Waals surface area contributed by atoms with Crippen molar-refractivity contribution in [2.24, 2.45) is 0 Å². The molecule has 96 valence electrons. The summed E-state index contributed by atoms with van der Waals surface area (Å²) in [7, 11) is 1.36. The number of amides is 1. The third-order valence-electron chi connectivity index (χ3n) is 2.06. The highest BCUT2D eigenvalue weighted by molar-refractivity contribution is 5.93. The molecule has 1 rings (SSSR count). The van der Waals surface area contributed by atoms with Crippen LogP contribution in [0.25, 0.3) is 0 Å².